The van der Waals surface area contributed by atoms with E-state index in [2.05, 4.69) is 14.9 Å². The number of ether oxygens (including phenoxy) is 2. The van der Waals surface area contributed by atoms with E-state index in [0.29, 0.717) is 13.2 Å². The molecule has 0 saturated heterocycles. The number of nitrogens with two attached hydrogens (primary N) is 1. The Morgan fingerprint density at radius 3 is 2.50 bits per heavy atom. The van der Waals surface area contributed by atoms with Gasteiger partial charge >= 0.3 is 0 Å². The predicted molar refractivity (Wildman–Crippen MR) is 70.5 cm³/mol. The number of hydrogen-bond acceptors (Lipinski definition) is 6. The minimum atomic E-state index is 0.386. The summed E-state index contributed by atoms with van der Waals surface area (Å²) >= 11 is 0. The third-order valence-corrected chi connectivity index (χ3v) is 2.59. The van der Waals surface area contributed by atoms with Gasteiger partial charge in [-0.2, -0.15) is 0 Å². The van der Waals surface area contributed by atoms with Crippen LogP contribution in [0.5, 0.6) is 0 Å². The summed E-state index contributed by atoms with van der Waals surface area (Å²) in [6, 6.07) is 0. The van der Waals surface area contributed by atoms with Gasteiger partial charge in [-0.3, -0.25) is 4.98 Å². The maximum atomic E-state index is 5.69. The van der Waals surface area contributed by atoms with Gasteiger partial charge in [-0.15, -0.1) is 0 Å². The van der Waals surface area contributed by atoms with E-state index in [1.54, 1.807) is 26.6 Å². The van der Waals surface area contributed by atoms with E-state index in [0.717, 1.165) is 37.6 Å². The van der Waals surface area contributed by atoms with Crippen molar-refractivity contribution in [1.29, 1.82) is 0 Å². The summed E-state index contributed by atoms with van der Waals surface area (Å²) in [7, 11) is 3.39. The molecule has 1 rings (SSSR count). The quantitative estimate of drug-likeness (QED) is 0.644. The molecule has 0 atom stereocenters. The summed E-state index contributed by atoms with van der Waals surface area (Å²) in [5.41, 5.74) is 6.50. The van der Waals surface area contributed by atoms with Gasteiger partial charge in [-0.1, -0.05) is 0 Å². The lowest BCUT2D eigenvalue weighted by Crippen LogP contribution is -2.31. The molecule has 0 amide bonds. The highest BCUT2D eigenvalue weighted by atomic mass is 16.5. The molecule has 0 aliphatic rings. The molecule has 0 aromatic carbocycles. The summed E-state index contributed by atoms with van der Waals surface area (Å²) in [5, 5.41) is 0. The molecule has 2 N–H and O–H groups in total. The molecule has 1 heterocycles. The van der Waals surface area contributed by atoms with Gasteiger partial charge in [0.25, 0.3) is 0 Å². The van der Waals surface area contributed by atoms with E-state index in [9.17, 15) is 0 Å². The van der Waals surface area contributed by atoms with Gasteiger partial charge in [0.15, 0.2) is 5.82 Å². The Balaban J connectivity index is 2.72. The molecule has 6 nitrogen and oxygen atoms in total. The van der Waals surface area contributed by atoms with E-state index < -0.39 is 0 Å². The molecule has 0 aliphatic heterocycles. The number of nitrogens with zero attached hydrogens (tertiary/aromatic N) is 3. The van der Waals surface area contributed by atoms with Crippen LogP contribution in [0, 0.1) is 0 Å². The van der Waals surface area contributed by atoms with E-state index in [-0.39, 0.29) is 0 Å². The van der Waals surface area contributed by atoms with Crippen molar-refractivity contribution in [3.8, 4) is 0 Å². The minimum absolute atomic E-state index is 0.386. The van der Waals surface area contributed by atoms with Gasteiger partial charge in [0.05, 0.1) is 12.3 Å². The second-order valence-electron chi connectivity index (χ2n) is 3.86. The van der Waals surface area contributed by atoms with Crippen molar-refractivity contribution in [1.82, 2.24) is 9.97 Å². The summed E-state index contributed by atoms with van der Waals surface area (Å²) < 4.78 is 10.2. The Bertz CT molecular complexity index is 336. The van der Waals surface area contributed by atoms with Crippen molar-refractivity contribution in [3.05, 3.63) is 18.1 Å². The lowest BCUT2D eigenvalue weighted by Gasteiger charge is -2.24. The van der Waals surface area contributed by atoms with Crippen molar-refractivity contribution < 1.29 is 9.47 Å². The maximum Gasteiger partial charge on any atom is 0.151 e. The molecule has 0 saturated carbocycles. The van der Waals surface area contributed by atoms with Gasteiger partial charge in [0, 0.05) is 52.9 Å². The van der Waals surface area contributed by atoms with E-state index >= 15 is 0 Å². The molecule has 102 valence electrons. The Kier molecular flexibility index (Phi) is 7.24. The number of anilines is 1. The highest BCUT2D eigenvalue weighted by Gasteiger charge is 2.12. The van der Waals surface area contributed by atoms with E-state index in [4.69, 9.17) is 15.2 Å². The highest BCUT2D eigenvalue weighted by molar-refractivity contribution is 5.42. The van der Waals surface area contributed by atoms with E-state index in [1.807, 2.05) is 0 Å². The molecule has 6 heteroatoms. The van der Waals surface area contributed by atoms with Crippen molar-refractivity contribution >= 4 is 5.82 Å². The van der Waals surface area contributed by atoms with Gasteiger partial charge in [-0.25, -0.2) is 4.98 Å². The van der Waals surface area contributed by atoms with Crippen LogP contribution in [-0.2, 0) is 16.0 Å². The number of hydrogen-bond donors (Lipinski definition) is 1. The van der Waals surface area contributed by atoms with Crippen LogP contribution in [-0.4, -0.2) is 50.5 Å². The molecule has 1 aromatic heterocycles. The van der Waals surface area contributed by atoms with Crippen LogP contribution in [0.3, 0.4) is 0 Å². The molecule has 0 spiro atoms. The van der Waals surface area contributed by atoms with Crippen LogP contribution in [0.2, 0.25) is 0 Å². The average Bonchev–Trinajstić information content (AvgIpc) is 2.42. The van der Waals surface area contributed by atoms with Gasteiger partial charge < -0.3 is 20.1 Å². The maximum absolute atomic E-state index is 5.69. The Morgan fingerprint density at radius 1 is 1.11 bits per heavy atom. The summed E-state index contributed by atoms with van der Waals surface area (Å²) in [6.07, 6.45) is 4.28. The fraction of sp³-hybridized carbons (Fsp3) is 0.667. The first-order valence-corrected chi connectivity index (χ1v) is 6.06. The van der Waals surface area contributed by atoms with Crippen molar-refractivity contribution in [3.63, 3.8) is 0 Å². The highest BCUT2D eigenvalue weighted by Crippen LogP contribution is 2.14. The lowest BCUT2D eigenvalue weighted by molar-refractivity contribution is 0.190. The average molecular weight is 254 g/mol. The number of aromatic nitrogens is 2. The molecule has 0 bridgehead atoms. The SMILES string of the molecule is COCCCN(CCOC)c1nccnc1CN. The zero-order chi connectivity index (χ0) is 13.2. The monoisotopic (exact) mass is 254 g/mol. The minimum Gasteiger partial charge on any atom is -0.385 e. The molecule has 0 unspecified atom stereocenters. The third kappa shape index (κ3) is 4.56. The second-order valence-corrected chi connectivity index (χ2v) is 3.86. The fourth-order valence-corrected chi connectivity index (χ4v) is 1.69. The first kappa shape index (κ1) is 14.8. The van der Waals surface area contributed by atoms with Crippen LogP contribution in [0.4, 0.5) is 5.82 Å². The number of rotatable bonds is 9. The van der Waals surface area contributed by atoms with Crippen LogP contribution >= 0.6 is 0 Å². The Hall–Kier alpha value is -1.24. The predicted octanol–water partition coefficient (Wildman–Crippen LogP) is 0.425. The zero-order valence-electron chi connectivity index (χ0n) is 11.1. The smallest absolute Gasteiger partial charge is 0.151 e. The Labute approximate surface area is 108 Å². The normalized spacial score (nSPS) is 10.6. The standard InChI is InChI=1S/C12H22N4O2/c1-17-8-3-6-16(7-9-18-2)12-11(10-13)14-4-5-15-12/h4-5H,3,6-10,13H2,1-2H3. The first-order valence-electron chi connectivity index (χ1n) is 6.06. The van der Waals surface area contributed by atoms with Crippen LogP contribution in [0.15, 0.2) is 12.4 Å². The molecule has 0 radical (unpaired) electrons. The summed E-state index contributed by atoms with van der Waals surface area (Å²) in [5.74, 6) is 0.841. The van der Waals surface area contributed by atoms with Gasteiger partial charge in [0.1, 0.15) is 0 Å². The summed E-state index contributed by atoms with van der Waals surface area (Å²) in [4.78, 5) is 10.8. The van der Waals surface area contributed by atoms with Crippen LogP contribution in [0.1, 0.15) is 12.1 Å². The van der Waals surface area contributed by atoms with Crippen molar-refractivity contribution in [2.75, 3.05) is 45.4 Å². The molecule has 18 heavy (non-hydrogen) atoms. The van der Waals surface area contributed by atoms with Crippen molar-refractivity contribution in [2.45, 2.75) is 13.0 Å². The largest absolute Gasteiger partial charge is 0.385 e. The number of methoxy groups -OCH3 is 2. The molecular weight excluding hydrogens is 232 g/mol. The second kappa shape index (κ2) is 8.79. The topological polar surface area (TPSA) is 73.5 Å². The lowest BCUT2D eigenvalue weighted by atomic mass is 10.3. The molecule has 1 aromatic rings. The Morgan fingerprint density at radius 2 is 1.83 bits per heavy atom. The van der Waals surface area contributed by atoms with Gasteiger partial charge in [-0.05, 0) is 6.42 Å². The van der Waals surface area contributed by atoms with Crippen molar-refractivity contribution in [2.24, 2.45) is 5.73 Å². The first-order chi connectivity index (χ1) is 8.83. The molecule has 0 fully saturated rings. The summed E-state index contributed by atoms with van der Waals surface area (Å²) in [6.45, 7) is 3.38. The van der Waals surface area contributed by atoms with Crippen LogP contribution in [0.25, 0.3) is 0 Å². The fourth-order valence-electron chi connectivity index (χ4n) is 1.69. The molecular formula is C12H22N4O2. The van der Waals surface area contributed by atoms with Crippen LogP contribution < -0.4 is 10.6 Å². The van der Waals surface area contributed by atoms with E-state index in [1.165, 1.54) is 0 Å². The third-order valence-electron chi connectivity index (χ3n) is 2.59. The van der Waals surface area contributed by atoms with Gasteiger partial charge in [0.2, 0.25) is 0 Å². The molecule has 0 aliphatic carbocycles. The zero-order valence-corrected chi connectivity index (χ0v) is 11.1.